The van der Waals surface area contributed by atoms with E-state index in [1.165, 1.54) is 5.56 Å². The van der Waals surface area contributed by atoms with E-state index in [2.05, 4.69) is 35.9 Å². The van der Waals surface area contributed by atoms with E-state index in [1.807, 2.05) is 26.2 Å². The van der Waals surface area contributed by atoms with Crippen LogP contribution in [0.15, 0.2) is 24.4 Å². The van der Waals surface area contributed by atoms with Crippen LogP contribution < -0.4 is 5.32 Å². The highest BCUT2D eigenvalue weighted by Crippen LogP contribution is 2.24. The molecule has 0 saturated heterocycles. The Balaban J connectivity index is 2.62. The summed E-state index contributed by atoms with van der Waals surface area (Å²) < 4.78 is 2.14. The Kier molecular flexibility index (Phi) is 3.53. The molecule has 0 amide bonds. The van der Waals surface area contributed by atoms with E-state index in [0.717, 1.165) is 23.0 Å². The van der Waals surface area contributed by atoms with Crippen molar-refractivity contribution in [3.63, 3.8) is 0 Å². The number of rotatable bonds is 4. The number of Topliss-reactive ketones (excluding diaryl/α,β-unsaturated/α-hetero) is 1. The second-order valence-electron chi connectivity index (χ2n) is 4.72. The van der Waals surface area contributed by atoms with Gasteiger partial charge in [-0.25, -0.2) is 0 Å². The van der Waals surface area contributed by atoms with Crippen molar-refractivity contribution < 1.29 is 4.79 Å². The summed E-state index contributed by atoms with van der Waals surface area (Å²) in [5, 5.41) is 4.06. The highest BCUT2D eigenvalue weighted by atomic mass is 16.1. The number of aromatic nitrogens is 1. The molecule has 0 spiro atoms. The first-order valence-corrected chi connectivity index (χ1v) is 6.39. The third kappa shape index (κ3) is 2.06. The van der Waals surface area contributed by atoms with Gasteiger partial charge in [0, 0.05) is 29.2 Å². The predicted molar refractivity (Wildman–Crippen MR) is 75.2 cm³/mol. The van der Waals surface area contributed by atoms with Gasteiger partial charge in [0.1, 0.15) is 0 Å². The normalized spacial score (nSPS) is 12.9. The molecule has 96 valence electrons. The van der Waals surface area contributed by atoms with E-state index in [0.29, 0.717) is 0 Å². The smallest absolute Gasteiger partial charge is 0.181 e. The Morgan fingerprint density at radius 1 is 1.44 bits per heavy atom. The number of likely N-dealkylation sites (N-methyl/N-ethyl adjacent to an activating group) is 1. The second-order valence-corrected chi connectivity index (χ2v) is 4.72. The van der Waals surface area contributed by atoms with Crippen LogP contribution in [0, 0.1) is 6.92 Å². The molecule has 0 aliphatic carbocycles. The summed E-state index contributed by atoms with van der Waals surface area (Å²) in [7, 11) is 1.81. The van der Waals surface area contributed by atoms with Crippen molar-refractivity contribution in [2.24, 2.45) is 0 Å². The average Bonchev–Trinajstić information content (AvgIpc) is 2.74. The topological polar surface area (TPSA) is 34.0 Å². The number of hydrogen-bond acceptors (Lipinski definition) is 2. The van der Waals surface area contributed by atoms with Crippen molar-refractivity contribution in [3.05, 3.63) is 35.5 Å². The lowest BCUT2D eigenvalue weighted by Gasteiger charge is -2.07. The van der Waals surface area contributed by atoms with Crippen molar-refractivity contribution >= 4 is 16.7 Å². The molecule has 0 radical (unpaired) electrons. The van der Waals surface area contributed by atoms with Crippen LogP contribution >= 0.6 is 0 Å². The van der Waals surface area contributed by atoms with Crippen LogP contribution in [-0.2, 0) is 6.54 Å². The van der Waals surface area contributed by atoms with Crippen molar-refractivity contribution in [1.29, 1.82) is 0 Å². The van der Waals surface area contributed by atoms with E-state index in [-0.39, 0.29) is 11.8 Å². The lowest BCUT2D eigenvalue weighted by Crippen LogP contribution is -2.30. The highest BCUT2D eigenvalue weighted by molar-refractivity contribution is 6.10. The van der Waals surface area contributed by atoms with Crippen molar-refractivity contribution in [1.82, 2.24) is 9.88 Å². The number of carbonyl (C=O) groups excluding carboxylic acids is 1. The fourth-order valence-corrected chi connectivity index (χ4v) is 2.22. The van der Waals surface area contributed by atoms with Gasteiger partial charge in [-0.3, -0.25) is 4.79 Å². The van der Waals surface area contributed by atoms with Gasteiger partial charge in [-0.1, -0.05) is 12.1 Å². The van der Waals surface area contributed by atoms with Gasteiger partial charge in [0.25, 0.3) is 0 Å². The molecule has 1 N–H and O–H groups in total. The third-order valence-electron chi connectivity index (χ3n) is 3.47. The van der Waals surface area contributed by atoms with Crippen molar-refractivity contribution in [3.8, 4) is 0 Å². The summed E-state index contributed by atoms with van der Waals surface area (Å²) in [4.78, 5) is 12.3. The van der Waals surface area contributed by atoms with Crippen molar-refractivity contribution in [2.45, 2.75) is 33.4 Å². The second kappa shape index (κ2) is 4.94. The molecule has 2 aromatic rings. The number of ketones is 1. The van der Waals surface area contributed by atoms with Crippen LogP contribution in [0.2, 0.25) is 0 Å². The lowest BCUT2D eigenvalue weighted by atomic mass is 10.0. The van der Waals surface area contributed by atoms with Crippen LogP contribution in [-0.4, -0.2) is 23.4 Å². The van der Waals surface area contributed by atoms with Crippen LogP contribution in [0.5, 0.6) is 0 Å². The van der Waals surface area contributed by atoms with Crippen LogP contribution in [0.4, 0.5) is 0 Å². The molecule has 1 aromatic heterocycles. The van der Waals surface area contributed by atoms with Gasteiger partial charge in [0.2, 0.25) is 0 Å². The minimum absolute atomic E-state index is 0.151. The largest absolute Gasteiger partial charge is 0.347 e. The van der Waals surface area contributed by atoms with E-state index < -0.39 is 0 Å². The number of nitrogens with one attached hydrogen (secondary N) is 1. The fraction of sp³-hybridized carbons (Fsp3) is 0.400. The molecular formula is C15H20N2O. The molecule has 0 bridgehead atoms. The van der Waals surface area contributed by atoms with E-state index in [1.54, 1.807) is 0 Å². The first-order chi connectivity index (χ1) is 8.58. The number of benzene rings is 1. The number of fused-ring (bicyclic) bond motifs is 1. The number of aryl methyl sites for hydroxylation is 2. The molecule has 1 atom stereocenters. The number of carbonyl (C=O) groups is 1. The van der Waals surface area contributed by atoms with E-state index in [4.69, 9.17) is 0 Å². The third-order valence-corrected chi connectivity index (χ3v) is 3.47. The summed E-state index contributed by atoms with van der Waals surface area (Å²) in [6.07, 6.45) is 1.97. The Morgan fingerprint density at radius 3 is 2.78 bits per heavy atom. The quantitative estimate of drug-likeness (QED) is 0.839. The zero-order valence-corrected chi connectivity index (χ0v) is 11.4. The molecule has 0 aliphatic rings. The summed E-state index contributed by atoms with van der Waals surface area (Å²) in [5.41, 5.74) is 3.17. The van der Waals surface area contributed by atoms with Gasteiger partial charge in [0.05, 0.1) is 6.04 Å². The van der Waals surface area contributed by atoms with Crippen LogP contribution in [0.1, 0.15) is 29.8 Å². The van der Waals surface area contributed by atoms with Crippen LogP contribution in [0.3, 0.4) is 0 Å². The first-order valence-electron chi connectivity index (χ1n) is 6.39. The maximum Gasteiger partial charge on any atom is 0.181 e. The Labute approximate surface area is 108 Å². The first kappa shape index (κ1) is 12.8. The summed E-state index contributed by atoms with van der Waals surface area (Å²) in [6, 6.07) is 6.09. The molecule has 1 heterocycles. The maximum atomic E-state index is 12.3. The summed E-state index contributed by atoms with van der Waals surface area (Å²) >= 11 is 0. The fourth-order valence-electron chi connectivity index (χ4n) is 2.22. The van der Waals surface area contributed by atoms with Gasteiger partial charge in [-0.2, -0.15) is 0 Å². The minimum Gasteiger partial charge on any atom is -0.347 e. The lowest BCUT2D eigenvalue weighted by molar-refractivity contribution is 0.0956. The average molecular weight is 244 g/mol. The molecule has 2 rings (SSSR count). The zero-order chi connectivity index (χ0) is 13.3. The standard InChI is InChI=1S/C15H20N2O/c1-5-17-9-13(15(18)11(3)16-4)12-7-6-10(2)8-14(12)17/h6-9,11,16H,5H2,1-4H3. The van der Waals surface area contributed by atoms with Gasteiger partial charge in [-0.05, 0) is 39.4 Å². The Hall–Kier alpha value is -1.61. The molecular weight excluding hydrogens is 224 g/mol. The summed E-state index contributed by atoms with van der Waals surface area (Å²) in [5.74, 6) is 0.151. The predicted octanol–water partition coefficient (Wildman–Crippen LogP) is 2.76. The van der Waals surface area contributed by atoms with Gasteiger partial charge in [0.15, 0.2) is 5.78 Å². The molecule has 3 nitrogen and oxygen atoms in total. The SMILES string of the molecule is CCn1cc(C(=O)C(C)NC)c2ccc(C)cc21. The van der Waals surface area contributed by atoms with Gasteiger partial charge < -0.3 is 9.88 Å². The maximum absolute atomic E-state index is 12.3. The molecule has 0 fully saturated rings. The number of nitrogens with zero attached hydrogens (tertiary/aromatic N) is 1. The van der Waals surface area contributed by atoms with E-state index >= 15 is 0 Å². The van der Waals surface area contributed by atoms with Gasteiger partial charge in [-0.15, -0.1) is 0 Å². The van der Waals surface area contributed by atoms with E-state index in [9.17, 15) is 4.79 Å². The molecule has 1 aromatic carbocycles. The van der Waals surface area contributed by atoms with Crippen LogP contribution in [0.25, 0.3) is 10.9 Å². The monoisotopic (exact) mass is 244 g/mol. The molecule has 0 saturated carbocycles. The zero-order valence-electron chi connectivity index (χ0n) is 11.4. The molecule has 18 heavy (non-hydrogen) atoms. The molecule has 3 heteroatoms. The minimum atomic E-state index is -0.151. The molecule has 1 unspecified atom stereocenters. The molecule has 0 aliphatic heterocycles. The highest BCUT2D eigenvalue weighted by Gasteiger charge is 2.18. The van der Waals surface area contributed by atoms with Crippen molar-refractivity contribution in [2.75, 3.05) is 7.05 Å². The Morgan fingerprint density at radius 2 is 2.17 bits per heavy atom. The number of hydrogen-bond donors (Lipinski definition) is 1. The summed E-state index contributed by atoms with van der Waals surface area (Å²) in [6.45, 7) is 6.94. The Bertz CT molecular complexity index is 583. The van der Waals surface area contributed by atoms with Gasteiger partial charge >= 0.3 is 0 Å².